The van der Waals surface area contributed by atoms with Crippen molar-refractivity contribution >= 4 is 45.2 Å². The molecular weight excluding hydrogens is 434 g/mol. The van der Waals surface area contributed by atoms with E-state index in [1.165, 1.54) is 23.3 Å². The number of methoxy groups -OCH3 is 1. The maximum absolute atomic E-state index is 13.4. The van der Waals surface area contributed by atoms with Gasteiger partial charge < -0.3 is 9.84 Å². The van der Waals surface area contributed by atoms with E-state index < -0.39 is 17.7 Å². The van der Waals surface area contributed by atoms with Crippen LogP contribution in [0.2, 0.25) is 0 Å². The highest BCUT2D eigenvalue weighted by molar-refractivity contribution is 7.10. The molecule has 0 radical (unpaired) electrons. The number of aryl methyl sites for hydroxylation is 1. The minimum atomic E-state index is -0.749. The third-order valence-corrected chi connectivity index (χ3v) is 6.82. The van der Waals surface area contributed by atoms with Crippen molar-refractivity contribution in [1.29, 1.82) is 0 Å². The smallest absolute Gasteiger partial charge is 0.300 e. The Hall–Kier alpha value is -3.90. The minimum Gasteiger partial charge on any atom is -0.507 e. The van der Waals surface area contributed by atoms with Gasteiger partial charge in [0.2, 0.25) is 0 Å². The first-order chi connectivity index (χ1) is 16.0. The topological polar surface area (TPSA) is 66.8 Å². The molecule has 6 heteroatoms. The summed E-state index contributed by atoms with van der Waals surface area (Å²) in [7, 11) is 1.51. The number of ketones is 1. The Bertz CT molecular complexity index is 1420. The van der Waals surface area contributed by atoms with Crippen LogP contribution in [0.25, 0.3) is 16.5 Å². The third kappa shape index (κ3) is 3.39. The summed E-state index contributed by atoms with van der Waals surface area (Å²) in [6.07, 6.45) is 0. The summed E-state index contributed by atoms with van der Waals surface area (Å²) in [4.78, 5) is 29.1. The molecule has 1 amide bonds. The number of thiophene rings is 1. The van der Waals surface area contributed by atoms with Crippen LogP contribution in [0.5, 0.6) is 5.75 Å². The van der Waals surface area contributed by atoms with Gasteiger partial charge in [0.15, 0.2) is 0 Å². The van der Waals surface area contributed by atoms with Crippen LogP contribution in [0.15, 0.2) is 83.7 Å². The molecule has 1 saturated heterocycles. The van der Waals surface area contributed by atoms with Gasteiger partial charge in [0.25, 0.3) is 11.7 Å². The minimum absolute atomic E-state index is 0.0549. The van der Waals surface area contributed by atoms with Gasteiger partial charge in [-0.1, -0.05) is 54.1 Å². The molecule has 0 spiro atoms. The van der Waals surface area contributed by atoms with Crippen molar-refractivity contribution in [3.05, 3.63) is 99.8 Å². The van der Waals surface area contributed by atoms with Crippen molar-refractivity contribution in [3.63, 3.8) is 0 Å². The molecule has 5 rings (SSSR count). The van der Waals surface area contributed by atoms with E-state index >= 15 is 0 Å². The number of fused-ring (bicyclic) bond motifs is 1. The van der Waals surface area contributed by atoms with Crippen molar-refractivity contribution < 1.29 is 19.4 Å². The number of hydrogen-bond acceptors (Lipinski definition) is 5. The number of carbonyl (C=O) groups is 2. The molecule has 3 aromatic carbocycles. The van der Waals surface area contributed by atoms with E-state index in [1.807, 2.05) is 73.0 Å². The lowest BCUT2D eigenvalue weighted by atomic mass is 9.98. The average molecular weight is 456 g/mol. The maximum atomic E-state index is 13.4. The van der Waals surface area contributed by atoms with Crippen molar-refractivity contribution in [2.24, 2.45) is 0 Å². The van der Waals surface area contributed by atoms with E-state index in [0.29, 0.717) is 17.0 Å². The molecule has 1 atom stereocenters. The largest absolute Gasteiger partial charge is 0.507 e. The Balaban J connectivity index is 1.79. The van der Waals surface area contributed by atoms with Crippen molar-refractivity contribution in [2.45, 2.75) is 13.0 Å². The molecule has 0 aliphatic carbocycles. The van der Waals surface area contributed by atoms with Gasteiger partial charge in [0.1, 0.15) is 17.6 Å². The number of ether oxygens (including phenoxy) is 1. The molecule has 0 bridgehead atoms. The van der Waals surface area contributed by atoms with Crippen LogP contribution in [-0.2, 0) is 9.59 Å². The van der Waals surface area contributed by atoms with E-state index in [4.69, 9.17) is 4.74 Å². The Labute approximate surface area is 195 Å². The summed E-state index contributed by atoms with van der Waals surface area (Å²) in [5.41, 5.74) is 1.96. The maximum Gasteiger partial charge on any atom is 0.300 e. The van der Waals surface area contributed by atoms with E-state index in [0.717, 1.165) is 21.2 Å². The van der Waals surface area contributed by atoms with Crippen LogP contribution in [0.4, 0.5) is 5.69 Å². The molecule has 1 N–H and O–H groups in total. The fraction of sp³-hybridized carbons (Fsp3) is 0.111. The van der Waals surface area contributed by atoms with Crippen LogP contribution >= 0.6 is 11.3 Å². The number of aliphatic hydroxyl groups is 1. The fourth-order valence-corrected chi connectivity index (χ4v) is 5.19. The fourth-order valence-electron chi connectivity index (χ4n) is 4.37. The molecule has 33 heavy (non-hydrogen) atoms. The number of benzene rings is 3. The second-order valence-corrected chi connectivity index (χ2v) is 8.87. The van der Waals surface area contributed by atoms with Crippen LogP contribution in [0.1, 0.15) is 22.0 Å². The summed E-state index contributed by atoms with van der Waals surface area (Å²) >= 11 is 1.43. The van der Waals surface area contributed by atoms with Crippen molar-refractivity contribution in [2.75, 3.05) is 12.0 Å². The van der Waals surface area contributed by atoms with Gasteiger partial charge in [-0.15, -0.1) is 11.3 Å². The normalized spacial score (nSPS) is 17.6. The molecule has 0 saturated carbocycles. The summed E-state index contributed by atoms with van der Waals surface area (Å²) in [6.45, 7) is 1.89. The highest BCUT2D eigenvalue weighted by Gasteiger charge is 2.48. The zero-order chi connectivity index (χ0) is 23.1. The number of Topliss-reactive ketones (excluding diaryl/α,β-unsaturated/α-hetero) is 1. The lowest BCUT2D eigenvalue weighted by molar-refractivity contribution is -0.132. The Morgan fingerprint density at radius 2 is 1.79 bits per heavy atom. The second-order valence-electron chi connectivity index (χ2n) is 7.89. The number of anilines is 1. The first-order valence-corrected chi connectivity index (χ1v) is 11.4. The summed E-state index contributed by atoms with van der Waals surface area (Å²) in [5.74, 6) is -1.20. The summed E-state index contributed by atoms with van der Waals surface area (Å²) in [6, 6.07) is 21.8. The second kappa shape index (κ2) is 8.22. The lowest BCUT2D eigenvalue weighted by Gasteiger charge is -2.25. The van der Waals surface area contributed by atoms with Crippen molar-refractivity contribution in [1.82, 2.24) is 0 Å². The van der Waals surface area contributed by atoms with Crippen LogP contribution in [0.3, 0.4) is 0 Å². The number of amides is 1. The van der Waals surface area contributed by atoms with Gasteiger partial charge in [-0.05, 0) is 42.0 Å². The molecule has 1 fully saturated rings. The van der Waals surface area contributed by atoms with Gasteiger partial charge in [-0.3, -0.25) is 14.5 Å². The Morgan fingerprint density at radius 1 is 1.00 bits per heavy atom. The van der Waals surface area contributed by atoms with Gasteiger partial charge in [0, 0.05) is 10.3 Å². The molecule has 1 unspecified atom stereocenters. The number of rotatable bonds is 4. The molecule has 1 aliphatic heterocycles. The molecule has 164 valence electrons. The first kappa shape index (κ1) is 21.0. The van der Waals surface area contributed by atoms with Crippen LogP contribution < -0.4 is 9.64 Å². The molecule has 1 aromatic heterocycles. The zero-order valence-corrected chi connectivity index (χ0v) is 18.9. The quantitative estimate of drug-likeness (QED) is 0.238. The molecule has 4 aromatic rings. The predicted molar refractivity (Wildman–Crippen MR) is 131 cm³/mol. The Kier molecular flexibility index (Phi) is 5.23. The first-order valence-electron chi connectivity index (χ1n) is 10.5. The monoisotopic (exact) mass is 455 g/mol. The molecule has 1 aliphatic rings. The van der Waals surface area contributed by atoms with E-state index in [1.54, 1.807) is 12.1 Å². The third-order valence-electron chi connectivity index (χ3n) is 5.89. The zero-order valence-electron chi connectivity index (χ0n) is 18.1. The van der Waals surface area contributed by atoms with Crippen molar-refractivity contribution in [3.8, 4) is 5.75 Å². The highest BCUT2D eigenvalue weighted by atomic mass is 32.1. The number of hydrogen-bond donors (Lipinski definition) is 1. The molecule has 2 heterocycles. The predicted octanol–water partition coefficient (Wildman–Crippen LogP) is 5.84. The van der Waals surface area contributed by atoms with Gasteiger partial charge in [-0.2, -0.15) is 0 Å². The molecule has 5 nitrogen and oxygen atoms in total. The average Bonchev–Trinajstić information content (AvgIpc) is 3.45. The van der Waals surface area contributed by atoms with Gasteiger partial charge in [-0.25, -0.2) is 0 Å². The molecular formula is C27H21NO4S. The number of aliphatic hydroxyl groups excluding tert-OH is 1. The number of nitrogens with zero attached hydrogens (tertiary/aromatic N) is 1. The summed E-state index contributed by atoms with van der Waals surface area (Å²) < 4.78 is 5.44. The van der Waals surface area contributed by atoms with Gasteiger partial charge >= 0.3 is 0 Å². The van der Waals surface area contributed by atoms with Gasteiger partial charge in [0.05, 0.1) is 23.9 Å². The Morgan fingerprint density at radius 3 is 2.55 bits per heavy atom. The van der Waals surface area contributed by atoms with Crippen LogP contribution in [-0.4, -0.2) is 23.9 Å². The van der Waals surface area contributed by atoms with E-state index in [9.17, 15) is 14.7 Å². The van der Waals surface area contributed by atoms with Crippen LogP contribution in [0, 0.1) is 6.92 Å². The van der Waals surface area contributed by atoms with E-state index in [2.05, 4.69) is 0 Å². The standard InChI is InChI=1S/C27H21NO4S/c1-16-12-13-21(32-2)19(15-16)25(29)23-24(22-11-6-14-33-22)28(27(31)26(23)30)20-10-5-8-17-7-3-4-9-18(17)20/h3-15,24,29H,1-2H3/b25-23-. The van der Waals surface area contributed by atoms with E-state index in [-0.39, 0.29) is 11.3 Å². The highest BCUT2D eigenvalue weighted by Crippen LogP contribution is 2.46. The SMILES string of the molecule is COc1ccc(C)cc1/C(O)=C1/C(=O)C(=O)N(c2cccc3ccccc23)C1c1cccs1. The summed E-state index contributed by atoms with van der Waals surface area (Å²) in [5, 5.41) is 15.1. The lowest BCUT2D eigenvalue weighted by Crippen LogP contribution is -2.29. The number of carbonyl (C=O) groups excluding carboxylic acids is 2.